The molecule has 0 spiro atoms. The second-order valence-corrected chi connectivity index (χ2v) is 5.11. The van der Waals surface area contributed by atoms with E-state index < -0.39 is 0 Å². The van der Waals surface area contributed by atoms with Gasteiger partial charge in [-0.15, -0.1) is 0 Å². The maximum Gasteiger partial charge on any atom is 0.0786 e. The summed E-state index contributed by atoms with van der Waals surface area (Å²) in [6, 6.07) is 6.58. The van der Waals surface area contributed by atoms with Crippen LogP contribution in [0, 0.1) is 0 Å². The van der Waals surface area contributed by atoms with Crippen molar-refractivity contribution >= 4 is 23.0 Å². The molecule has 17 heavy (non-hydrogen) atoms. The summed E-state index contributed by atoms with van der Waals surface area (Å²) in [5, 5.41) is 7.76. The van der Waals surface area contributed by atoms with Gasteiger partial charge in [0.25, 0.3) is 0 Å². The van der Waals surface area contributed by atoms with E-state index in [9.17, 15) is 0 Å². The first-order chi connectivity index (χ1) is 8.18. The van der Waals surface area contributed by atoms with Crippen LogP contribution in [0.2, 0.25) is 5.02 Å². The van der Waals surface area contributed by atoms with Gasteiger partial charge in [-0.1, -0.05) is 17.7 Å². The molecule has 1 aromatic carbocycles. The third kappa shape index (κ3) is 3.05. The van der Waals surface area contributed by atoms with Gasteiger partial charge in [-0.3, -0.25) is 0 Å². The van der Waals surface area contributed by atoms with Crippen molar-refractivity contribution in [3.8, 4) is 0 Å². The molecule has 1 fully saturated rings. The van der Waals surface area contributed by atoms with Crippen molar-refractivity contribution in [2.75, 3.05) is 37.4 Å². The van der Waals surface area contributed by atoms with E-state index in [1.54, 1.807) is 0 Å². The second kappa shape index (κ2) is 5.61. The summed E-state index contributed by atoms with van der Waals surface area (Å²) >= 11 is 6.22. The first-order valence-corrected chi connectivity index (χ1v) is 6.49. The number of para-hydroxylation sites is 1. The molecule has 1 unspecified atom stereocenters. The molecule has 1 atom stereocenters. The van der Waals surface area contributed by atoms with Crippen LogP contribution in [0.1, 0.15) is 12.8 Å². The van der Waals surface area contributed by atoms with Crippen LogP contribution in [0.5, 0.6) is 0 Å². The molecular formula is C13H20ClN3. The highest BCUT2D eigenvalue weighted by Gasteiger charge is 2.15. The lowest BCUT2D eigenvalue weighted by Crippen LogP contribution is -2.29. The summed E-state index contributed by atoms with van der Waals surface area (Å²) in [5.41, 5.74) is 2.17. The summed E-state index contributed by atoms with van der Waals surface area (Å²) in [6.07, 6.45) is 2.54. The summed E-state index contributed by atoms with van der Waals surface area (Å²) in [5.74, 6) is 0. The summed E-state index contributed by atoms with van der Waals surface area (Å²) in [4.78, 5) is 2.05. The van der Waals surface area contributed by atoms with Gasteiger partial charge in [0.05, 0.1) is 16.4 Å². The number of nitrogens with one attached hydrogen (secondary N) is 2. The molecule has 1 aliphatic heterocycles. The summed E-state index contributed by atoms with van der Waals surface area (Å²) in [7, 11) is 4.03. The van der Waals surface area contributed by atoms with Crippen LogP contribution in [0.3, 0.4) is 0 Å². The fourth-order valence-electron chi connectivity index (χ4n) is 2.28. The van der Waals surface area contributed by atoms with Gasteiger partial charge in [0.15, 0.2) is 0 Å². The third-order valence-electron chi connectivity index (χ3n) is 3.14. The Morgan fingerprint density at radius 1 is 1.47 bits per heavy atom. The predicted molar refractivity (Wildman–Crippen MR) is 75.3 cm³/mol. The molecule has 1 heterocycles. The van der Waals surface area contributed by atoms with Gasteiger partial charge in [-0.2, -0.15) is 0 Å². The van der Waals surface area contributed by atoms with Gasteiger partial charge in [-0.25, -0.2) is 0 Å². The van der Waals surface area contributed by atoms with Crippen LogP contribution in [0.15, 0.2) is 18.2 Å². The molecule has 0 aromatic heterocycles. The Kier molecular flexibility index (Phi) is 4.13. The summed E-state index contributed by atoms with van der Waals surface area (Å²) < 4.78 is 0. The van der Waals surface area contributed by atoms with E-state index in [0.29, 0.717) is 6.04 Å². The minimum atomic E-state index is 0.587. The Balaban J connectivity index is 2.06. The first kappa shape index (κ1) is 12.5. The van der Waals surface area contributed by atoms with Gasteiger partial charge in [0.2, 0.25) is 0 Å². The van der Waals surface area contributed by atoms with Gasteiger partial charge in [0, 0.05) is 26.7 Å². The van der Waals surface area contributed by atoms with Gasteiger partial charge in [-0.05, 0) is 31.5 Å². The average molecular weight is 254 g/mol. The monoisotopic (exact) mass is 253 g/mol. The average Bonchev–Trinajstić information content (AvgIpc) is 2.78. The number of halogens is 1. The Bertz CT molecular complexity index is 373. The maximum atomic E-state index is 6.22. The molecule has 4 heteroatoms. The molecule has 0 radical (unpaired) electrons. The first-order valence-electron chi connectivity index (χ1n) is 6.11. The molecule has 0 aliphatic carbocycles. The molecule has 1 saturated heterocycles. The minimum Gasteiger partial charge on any atom is -0.382 e. The number of rotatable bonds is 4. The van der Waals surface area contributed by atoms with Crippen molar-refractivity contribution in [2.24, 2.45) is 0 Å². The molecule has 0 saturated carbocycles. The second-order valence-electron chi connectivity index (χ2n) is 4.70. The molecule has 94 valence electrons. The van der Waals surface area contributed by atoms with Gasteiger partial charge >= 0.3 is 0 Å². The van der Waals surface area contributed by atoms with Gasteiger partial charge < -0.3 is 15.5 Å². The number of nitrogens with zero attached hydrogens (tertiary/aromatic N) is 1. The van der Waals surface area contributed by atoms with Crippen molar-refractivity contribution in [2.45, 2.75) is 18.9 Å². The number of anilines is 2. The molecule has 3 nitrogen and oxygen atoms in total. The molecule has 2 N–H and O–H groups in total. The minimum absolute atomic E-state index is 0.587. The van der Waals surface area contributed by atoms with Crippen molar-refractivity contribution in [3.05, 3.63) is 23.2 Å². The molecule has 1 aromatic rings. The maximum absolute atomic E-state index is 6.22. The van der Waals surface area contributed by atoms with E-state index >= 15 is 0 Å². The molecule has 0 bridgehead atoms. The van der Waals surface area contributed by atoms with Crippen LogP contribution in [-0.4, -0.2) is 33.2 Å². The Morgan fingerprint density at radius 2 is 2.29 bits per heavy atom. The lowest BCUT2D eigenvalue weighted by atomic mass is 10.2. The quantitative estimate of drug-likeness (QED) is 0.864. The highest BCUT2D eigenvalue weighted by Crippen LogP contribution is 2.32. The Morgan fingerprint density at radius 3 is 2.94 bits per heavy atom. The van der Waals surface area contributed by atoms with Crippen molar-refractivity contribution in [3.63, 3.8) is 0 Å². The molecule has 1 aliphatic rings. The topological polar surface area (TPSA) is 27.3 Å². The standard InChI is InChI=1S/C13H20ClN3/c1-17(2)13-11(14)6-3-7-12(13)16-9-10-5-4-8-15-10/h3,6-7,10,15-16H,4-5,8-9H2,1-2H3. The van der Waals surface area contributed by atoms with Crippen LogP contribution in [0.25, 0.3) is 0 Å². The highest BCUT2D eigenvalue weighted by molar-refractivity contribution is 6.34. The lowest BCUT2D eigenvalue weighted by Gasteiger charge is -2.21. The van der Waals surface area contributed by atoms with E-state index in [1.807, 2.05) is 31.1 Å². The van der Waals surface area contributed by atoms with Crippen LogP contribution < -0.4 is 15.5 Å². The van der Waals surface area contributed by atoms with Crippen LogP contribution in [-0.2, 0) is 0 Å². The van der Waals surface area contributed by atoms with E-state index in [1.165, 1.54) is 12.8 Å². The van der Waals surface area contributed by atoms with Crippen LogP contribution in [0.4, 0.5) is 11.4 Å². The molecule has 0 amide bonds. The predicted octanol–water partition coefficient (Wildman–Crippen LogP) is 2.57. The molecular weight excluding hydrogens is 234 g/mol. The highest BCUT2D eigenvalue weighted by atomic mass is 35.5. The Hall–Kier alpha value is -0.930. The SMILES string of the molecule is CN(C)c1c(Cl)cccc1NCC1CCCN1. The lowest BCUT2D eigenvalue weighted by molar-refractivity contribution is 0.633. The number of hydrogen-bond acceptors (Lipinski definition) is 3. The zero-order valence-corrected chi connectivity index (χ0v) is 11.2. The van der Waals surface area contributed by atoms with E-state index in [-0.39, 0.29) is 0 Å². The van der Waals surface area contributed by atoms with E-state index in [4.69, 9.17) is 11.6 Å². The van der Waals surface area contributed by atoms with Crippen molar-refractivity contribution in [1.82, 2.24) is 5.32 Å². The van der Waals surface area contributed by atoms with Crippen LogP contribution >= 0.6 is 11.6 Å². The van der Waals surface area contributed by atoms with Gasteiger partial charge in [0.1, 0.15) is 0 Å². The number of hydrogen-bond donors (Lipinski definition) is 2. The van der Waals surface area contributed by atoms with E-state index in [0.717, 1.165) is 29.5 Å². The number of benzene rings is 1. The van der Waals surface area contributed by atoms with Crippen molar-refractivity contribution in [1.29, 1.82) is 0 Å². The summed E-state index contributed by atoms with van der Waals surface area (Å²) in [6.45, 7) is 2.10. The molecule has 2 rings (SSSR count). The Labute approximate surface area is 108 Å². The van der Waals surface area contributed by atoms with E-state index in [2.05, 4.69) is 16.7 Å². The largest absolute Gasteiger partial charge is 0.382 e. The third-order valence-corrected chi connectivity index (χ3v) is 3.44. The fraction of sp³-hybridized carbons (Fsp3) is 0.538. The smallest absolute Gasteiger partial charge is 0.0786 e. The normalized spacial score (nSPS) is 19.4. The zero-order valence-electron chi connectivity index (χ0n) is 10.5. The zero-order chi connectivity index (χ0) is 12.3. The van der Waals surface area contributed by atoms with Crippen molar-refractivity contribution < 1.29 is 0 Å². The fourth-order valence-corrected chi connectivity index (χ4v) is 2.62.